The molecule has 140 valence electrons. The second-order valence-corrected chi connectivity index (χ2v) is 6.89. The highest BCUT2D eigenvalue weighted by molar-refractivity contribution is 7.16. The van der Waals surface area contributed by atoms with Crippen LogP contribution in [0.25, 0.3) is 10.2 Å². The summed E-state index contributed by atoms with van der Waals surface area (Å²) < 4.78 is 7.19. The van der Waals surface area contributed by atoms with Crippen LogP contribution in [0, 0.1) is 0 Å². The first-order valence-electron chi connectivity index (χ1n) is 8.59. The molecule has 0 aliphatic rings. The van der Waals surface area contributed by atoms with Crippen LogP contribution in [0.3, 0.4) is 0 Å². The Balaban J connectivity index is 1.39. The summed E-state index contributed by atoms with van der Waals surface area (Å²) in [5, 5.41) is 5.23. The maximum absolute atomic E-state index is 12.4. The summed E-state index contributed by atoms with van der Waals surface area (Å²) in [6.07, 6.45) is 4.93. The van der Waals surface area contributed by atoms with Crippen LogP contribution < -0.4 is 15.6 Å². The Morgan fingerprint density at radius 3 is 2.86 bits per heavy atom. The van der Waals surface area contributed by atoms with E-state index >= 15 is 0 Å². The lowest BCUT2D eigenvalue weighted by atomic mass is 10.3. The Bertz CT molecular complexity index is 1170. The minimum Gasteiger partial charge on any atom is -0.457 e. The molecule has 0 radical (unpaired) electrons. The average Bonchev–Trinajstić information content (AvgIpc) is 3.18. The summed E-state index contributed by atoms with van der Waals surface area (Å²) in [4.78, 5) is 33.5. The number of ether oxygens (including phenoxy) is 1. The Labute approximate surface area is 164 Å². The molecule has 0 aliphatic carbocycles. The third kappa shape index (κ3) is 4.07. The number of fused-ring (bicyclic) bond motifs is 1. The number of thiophene rings is 1. The van der Waals surface area contributed by atoms with Gasteiger partial charge < -0.3 is 10.1 Å². The molecule has 4 rings (SSSR count). The summed E-state index contributed by atoms with van der Waals surface area (Å²) >= 11 is 1.42. The number of benzene rings is 1. The number of nitrogens with one attached hydrogen (secondary N) is 1. The van der Waals surface area contributed by atoms with Gasteiger partial charge in [0.2, 0.25) is 5.91 Å². The lowest BCUT2D eigenvalue weighted by molar-refractivity contribution is -0.116. The molecule has 0 spiro atoms. The predicted molar refractivity (Wildman–Crippen MR) is 108 cm³/mol. The van der Waals surface area contributed by atoms with Crippen molar-refractivity contribution in [3.63, 3.8) is 0 Å². The molecular formula is C20H16N4O3S. The number of nitrogens with zero attached hydrogens (tertiary/aromatic N) is 3. The standard InChI is InChI=1S/C20H16N4O3S/c25-18(6-10-24-13-22-19-17(20(24)26)7-11-28-19)23-14-2-1-3-16(12-14)27-15-4-8-21-9-5-15/h1-5,7-9,11-13H,6,10H2,(H,23,25). The van der Waals surface area contributed by atoms with E-state index in [1.54, 1.807) is 54.9 Å². The minimum atomic E-state index is -0.196. The van der Waals surface area contributed by atoms with Crippen LogP contribution >= 0.6 is 11.3 Å². The van der Waals surface area contributed by atoms with Gasteiger partial charge in [0.15, 0.2) is 0 Å². The molecule has 0 bridgehead atoms. The van der Waals surface area contributed by atoms with E-state index in [-0.39, 0.29) is 24.4 Å². The Hall–Kier alpha value is -3.52. The monoisotopic (exact) mass is 392 g/mol. The Morgan fingerprint density at radius 1 is 1.14 bits per heavy atom. The minimum absolute atomic E-state index is 0.133. The first kappa shape index (κ1) is 17.9. The summed E-state index contributed by atoms with van der Waals surface area (Å²) in [5.74, 6) is 1.07. The highest BCUT2D eigenvalue weighted by Gasteiger charge is 2.08. The zero-order valence-corrected chi connectivity index (χ0v) is 15.6. The molecule has 0 unspecified atom stereocenters. The lowest BCUT2D eigenvalue weighted by Gasteiger charge is -2.09. The molecule has 0 fully saturated rings. The van der Waals surface area contributed by atoms with Crippen molar-refractivity contribution in [2.24, 2.45) is 0 Å². The van der Waals surface area contributed by atoms with Crippen molar-refractivity contribution >= 4 is 33.1 Å². The van der Waals surface area contributed by atoms with Gasteiger partial charge in [-0.25, -0.2) is 4.98 Å². The van der Waals surface area contributed by atoms with E-state index in [0.29, 0.717) is 27.4 Å². The number of pyridine rings is 1. The lowest BCUT2D eigenvalue weighted by Crippen LogP contribution is -2.23. The van der Waals surface area contributed by atoms with Gasteiger partial charge in [-0.05, 0) is 35.7 Å². The fourth-order valence-electron chi connectivity index (χ4n) is 2.68. The van der Waals surface area contributed by atoms with E-state index in [9.17, 15) is 9.59 Å². The summed E-state index contributed by atoms with van der Waals surface area (Å²) in [5.41, 5.74) is 0.488. The van der Waals surface area contributed by atoms with Gasteiger partial charge in [0.25, 0.3) is 5.56 Å². The van der Waals surface area contributed by atoms with Gasteiger partial charge >= 0.3 is 0 Å². The molecule has 1 amide bonds. The van der Waals surface area contributed by atoms with Crippen LogP contribution in [-0.4, -0.2) is 20.4 Å². The van der Waals surface area contributed by atoms with Gasteiger partial charge in [0, 0.05) is 37.1 Å². The van der Waals surface area contributed by atoms with Crippen LogP contribution in [0.1, 0.15) is 6.42 Å². The molecule has 3 aromatic heterocycles. The van der Waals surface area contributed by atoms with Crippen molar-refractivity contribution in [2.75, 3.05) is 5.32 Å². The molecule has 0 atom stereocenters. The SMILES string of the molecule is O=C(CCn1cnc2sccc2c1=O)Nc1cccc(Oc2ccncc2)c1. The predicted octanol–water partition coefficient (Wildman–Crippen LogP) is 3.67. The normalized spacial score (nSPS) is 10.7. The van der Waals surface area contributed by atoms with Crippen LogP contribution in [0.4, 0.5) is 5.69 Å². The Morgan fingerprint density at radius 2 is 2.00 bits per heavy atom. The molecule has 0 aliphatic heterocycles. The molecule has 28 heavy (non-hydrogen) atoms. The molecule has 0 saturated heterocycles. The quantitative estimate of drug-likeness (QED) is 0.541. The highest BCUT2D eigenvalue weighted by atomic mass is 32.1. The number of amides is 1. The second kappa shape index (κ2) is 8.01. The first-order valence-corrected chi connectivity index (χ1v) is 9.47. The molecule has 8 heteroatoms. The van der Waals surface area contributed by atoms with E-state index in [4.69, 9.17) is 4.74 Å². The fourth-order valence-corrected chi connectivity index (χ4v) is 3.40. The average molecular weight is 392 g/mol. The maximum atomic E-state index is 12.4. The van der Waals surface area contributed by atoms with Gasteiger partial charge in [-0.1, -0.05) is 6.07 Å². The molecule has 1 N–H and O–H groups in total. The number of hydrogen-bond donors (Lipinski definition) is 1. The van der Waals surface area contributed by atoms with E-state index in [1.807, 2.05) is 5.38 Å². The zero-order valence-electron chi connectivity index (χ0n) is 14.7. The van der Waals surface area contributed by atoms with E-state index in [2.05, 4.69) is 15.3 Å². The molecule has 7 nitrogen and oxygen atoms in total. The van der Waals surface area contributed by atoms with Crippen LogP contribution in [0.5, 0.6) is 11.5 Å². The summed E-state index contributed by atoms with van der Waals surface area (Å²) in [6, 6.07) is 12.4. The smallest absolute Gasteiger partial charge is 0.262 e. The van der Waals surface area contributed by atoms with Gasteiger partial charge in [0.05, 0.1) is 11.7 Å². The topological polar surface area (TPSA) is 86.1 Å². The number of aryl methyl sites for hydroxylation is 1. The number of anilines is 1. The number of hydrogen-bond acceptors (Lipinski definition) is 6. The van der Waals surface area contributed by atoms with Crippen molar-refractivity contribution in [2.45, 2.75) is 13.0 Å². The van der Waals surface area contributed by atoms with Crippen LogP contribution in [0.2, 0.25) is 0 Å². The molecule has 0 saturated carbocycles. The zero-order chi connectivity index (χ0) is 19.3. The Kier molecular flexibility index (Phi) is 5.11. The van der Waals surface area contributed by atoms with Crippen molar-refractivity contribution in [3.05, 3.63) is 76.9 Å². The second-order valence-electron chi connectivity index (χ2n) is 5.99. The van der Waals surface area contributed by atoms with Crippen molar-refractivity contribution in [1.29, 1.82) is 0 Å². The van der Waals surface area contributed by atoms with Crippen molar-refractivity contribution in [1.82, 2.24) is 14.5 Å². The van der Waals surface area contributed by atoms with E-state index < -0.39 is 0 Å². The van der Waals surface area contributed by atoms with Crippen LogP contribution in [0.15, 0.2) is 71.4 Å². The molecular weight excluding hydrogens is 376 g/mol. The maximum Gasteiger partial charge on any atom is 0.262 e. The first-order chi connectivity index (χ1) is 13.7. The largest absolute Gasteiger partial charge is 0.457 e. The van der Waals surface area contributed by atoms with Crippen molar-refractivity contribution in [3.8, 4) is 11.5 Å². The van der Waals surface area contributed by atoms with Gasteiger partial charge in [0.1, 0.15) is 16.3 Å². The van der Waals surface area contributed by atoms with Gasteiger partial charge in [-0.3, -0.25) is 19.1 Å². The highest BCUT2D eigenvalue weighted by Crippen LogP contribution is 2.23. The molecule has 4 aromatic rings. The number of rotatable bonds is 6. The number of carbonyl (C=O) groups excluding carboxylic acids is 1. The molecule has 3 heterocycles. The van der Waals surface area contributed by atoms with E-state index in [1.165, 1.54) is 22.2 Å². The summed E-state index contributed by atoms with van der Waals surface area (Å²) in [7, 11) is 0. The third-order valence-corrected chi connectivity index (χ3v) is 4.85. The van der Waals surface area contributed by atoms with Crippen LogP contribution in [-0.2, 0) is 11.3 Å². The van der Waals surface area contributed by atoms with E-state index in [0.717, 1.165) is 0 Å². The van der Waals surface area contributed by atoms with Gasteiger partial charge in [-0.15, -0.1) is 11.3 Å². The van der Waals surface area contributed by atoms with Gasteiger partial charge in [-0.2, -0.15) is 0 Å². The third-order valence-electron chi connectivity index (χ3n) is 4.03. The number of aromatic nitrogens is 3. The molecule has 1 aromatic carbocycles. The van der Waals surface area contributed by atoms with Crippen molar-refractivity contribution < 1.29 is 9.53 Å². The summed E-state index contributed by atoms with van der Waals surface area (Å²) in [6.45, 7) is 0.261. The fraction of sp³-hybridized carbons (Fsp3) is 0.100. The number of carbonyl (C=O) groups is 1.